The third-order valence-electron chi connectivity index (χ3n) is 5.56. The third-order valence-corrected chi connectivity index (χ3v) is 6.79. The molecule has 35 heavy (non-hydrogen) atoms. The largest absolute Gasteiger partial charge is 0.496 e. The number of urea groups is 1. The molecule has 1 aliphatic heterocycles. The van der Waals surface area contributed by atoms with Crippen LogP contribution in [0.1, 0.15) is 27.8 Å². The minimum absolute atomic E-state index is 0.150. The van der Waals surface area contributed by atoms with Gasteiger partial charge in [-0.05, 0) is 67.4 Å². The first-order valence-electron chi connectivity index (χ1n) is 10.8. The number of hydrogen-bond acceptors (Lipinski definition) is 4. The molecule has 0 aliphatic carbocycles. The fourth-order valence-corrected chi connectivity index (χ4v) is 4.96. The van der Waals surface area contributed by atoms with E-state index in [1.54, 1.807) is 37.4 Å². The topological polar surface area (TPSA) is 75.7 Å². The van der Waals surface area contributed by atoms with E-state index in [-0.39, 0.29) is 5.57 Å². The molecule has 3 aromatic carbocycles. The quantitative estimate of drug-likeness (QED) is 0.285. The van der Waals surface area contributed by atoms with E-state index in [0.29, 0.717) is 23.4 Å². The Morgan fingerprint density at radius 2 is 1.60 bits per heavy atom. The molecule has 0 atom stereocenters. The Balaban J connectivity index is 1.70. The first-order chi connectivity index (χ1) is 16.7. The number of hydrogen-bond donors (Lipinski definition) is 1. The highest BCUT2D eigenvalue weighted by atomic mass is 79.9. The average molecular weight is 598 g/mol. The molecule has 8 heteroatoms. The molecular weight excluding hydrogens is 576 g/mol. The lowest BCUT2D eigenvalue weighted by atomic mass is 9.98. The van der Waals surface area contributed by atoms with Gasteiger partial charge >= 0.3 is 6.03 Å². The number of carbonyl (C=O) groups is 3. The summed E-state index contributed by atoms with van der Waals surface area (Å²) >= 11 is 6.96. The van der Waals surface area contributed by atoms with Crippen LogP contribution in [0.3, 0.4) is 0 Å². The maximum absolute atomic E-state index is 13.2. The number of nitrogens with one attached hydrogen (secondary N) is 1. The number of methoxy groups -OCH3 is 1. The van der Waals surface area contributed by atoms with Crippen molar-refractivity contribution in [2.45, 2.75) is 20.3 Å². The predicted molar refractivity (Wildman–Crippen MR) is 143 cm³/mol. The van der Waals surface area contributed by atoms with Gasteiger partial charge in [-0.1, -0.05) is 61.2 Å². The number of benzene rings is 3. The molecule has 1 aliphatic rings. The lowest BCUT2D eigenvalue weighted by Crippen LogP contribution is -2.54. The third kappa shape index (κ3) is 5.39. The van der Waals surface area contributed by atoms with Crippen molar-refractivity contribution in [3.05, 3.63) is 96.9 Å². The number of amides is 4. The molecule has 1 N–H and O–H groups in total. The van der Waals surface area contributed by atoms with Crippen LogP contribution in [0.5, 0.6) is 5.75 Å². The van der Waals surface area contributed by atoms with Crippen molar-refractivity contribution in [3.63, 3.8) is 0 Å². The summed E-state index contributed by atoms with van der Waals surface area (Å²) in [4.78, 5) is 39.1. The highest BCUT2D eigenvalue weighted by Gasteiger charge is 2.36. The van der Waals surface area contributed by atoms with Crippen LogP contribution in [0.4, 0.5) is 10.5 Å². The molecule has 1 saturated heterocycles. The highest BCUT2D eigenvalue weighted by molar-refractivity contribution is 9.10. The summed E-state index contributed by atoms with van der Waals surface area (Å²) in [6, 6.07) is 15.9. The van der Waals surface area contributed by atoms with Crippen LogP contribution in [-0.2, 0) is 16.0 Å². The second-order valence-corrected chi connectivity index (χ2v) is 10.1. The van der Waals surface area contributed by atoms with Crippen molar-refractivity contribution < 1.29 is 19.1 Å². The van der Waals surface area contributed by atoms with Gasteiger partial charge in [0.15, 0.2) is 0 Å². The van der Waals surface area contributed by atoms with E-state index < -0.39 is 17.8 Å². The maximum Gasteiger partial charge on any atom is 0.335 e. The molecular formula is C27H22Br2N2O4. The fraction of sp³-hybridized carbons (Fsp3) is 0.148. The summed E-state index contributed by atoms with van der Waals surface area (Å²) in [5, 5.41) is 2.25. The van der Waals surface area contributed by atoms with Crippen molar-refractivity contribution in [2.75, 3.05) is 12.0 Å². The minimum Gasteiger partial charge on any atom is -0.496 e. The smallest absolute Gasteiger partial charge is 0.335 e. The first-order valence-corrected chi connectivity index (χ1v) is 12.4. The van der Waals surface area contributed by atoms with Crippen molar-refractivity contribution in [1.29, 1.82) is 0 Å². The standard InChI is InChI=1S/C27H22Br2N2O4/c1-15-8-16(2)10-17(9-15)11-21-23(29)13-18(14-24(21)35-3)12-22-25(32)30-27(34)31(26(22)33)20-6-4-19(28)5-7-20/h4-10,12-14H,11H2,1-3H3,(H,30,32,34)/b22-12+. The van der Waals surface area contributed by atoms with Crippen LogP contribution in [-0.4, -0.2) is 25.0 Å². The van der Waals surface area contributed by atoms with E-state index >= 15 is 0 Å². The van der Waals surface area contributed by atoms with Gasteiger partial charge in [0.1, 0.15) is 11.3 Å². The number of rotatable bonds is 5. The molecule has 178 valence electrons. The van der Waals surface area contributed by atoms with Gasteiger partial charge in [0.2, 0.25) is 0 Å². The summed E-state index contributed by atoms with van der Waals surface area (Å²) in [6.45, 7) is 4.12. The zero-order valence-electron chi connectivity index (χ0n) is 19.3. The second-order valence-electron chi connectivity index (χ2n) is 8.29. The molecule has 1 fully saturated rings. The first kappa shape index (κ1) is 24.9. The molecule has 0 saturated carbocycles. The summed E-state index contributed by atoms with van der Waals surface area (Å²) in [5.74, 6) is -0.826. The molecule has 0 aromatic heterocycles. The molecule has 1 heterocycles. The van der Waals surface area contributed by atoms with Crippen molar-refractivity contribution >= 4 is 61.5 Å². The van der Waals surface area contributed by atoms with E-state index in [1.807, 2.05) is 6.07 Å². The molecule has 3 aromatic rings. The highest BCUT2D eigenvalue weighted by Crippen LogP contribution is 2.33. The SMILES string of the molecule is COc1cc(/C=C2\C(=O)NC(=O)N(c3ccc(Br)cc3)C2=O)cc(Br)c1Cc1cc(C)cc(C)c1. The monoisotopic (exact) mass is 596 g/mol. The maximum atomic E-state index is 13.2. The molecule has 4 rings (SSSR count). The number of ether oxygens (including phenoxy) is 1. The van der Waals surface area contributed by atoms with Crippen LogP contribution >= 0.6 is 31.9 Å². The fourth-order valence-electron chi connectivity index (χ4n) is 4.09. The van der Waals surface area contributed by atoms with Crippen LogP contribution < -0.4 is 15.0 Å². The van der Waals surface area contributed by atoms with Crippen LogP contribution in [0.25, 0.3) is 6.08 Å². The summed E-state index contributed by atoms with van der Waals surface area (Å²) in [7, 11) is 1.58. The predicted octanol–water partition coefficient (Wildman–Crippen LogP) is 6.09. The normalized spacial score (nSPS) is 14.9. The van der Waals surface area contributed by atoms with Gasteiger partial charge < -0.3 is 4.74 Å². The Morgan fingerprint density at radius 1 is 0.943 bits per heavy atom. The summed E-state index contributed by atoms with van der Waals surface area (Å²) < 4.78 is 7.23. The molecule has 6 nitrogen and oxygen atoms in total. The van der Waals surface area contributed by atoms with Crippen molar-refractivity contribution in [2.24, 2.45) is 0 Å². The van der Waals surface area contributed by atoms with E-state index in [9.17, 15) is 14.4 Å². The lowest BCUT2D eigenvalue weighted by molar-refractivity contribution is -0.122. The van der Waals surface area contributed by atoms with Gasteiger partial charge in [0, 0.05) is 20.9 Å². The van der Waals surface area contributed by atoms with Crippen LogP contribution in [0.2, 0.25) is 0 Å². The van der Waals surface area contributed by atoms with Crippen molar-refractivity contribution in [1.82, 2.24) is 5.32 Å². The number of anilines is 1. The summed E-state index contributed by atoms with van der Waals surface area (Å²) in [6.07, 6.45) is 2.11. The van der Waals surface area contributed by atoms with Gasteiger partial charge in [-0.15, -0.1) is 0 Å². The number of imide groups is 2. The van der Waals surface area contributed by atoms with Crippen molar-refractivity contribution in [3.8, 4) is 5.75 Å². The van der Waals surface area contributed by atoms with Crippen LogP contribution in [0, 0.1) is 13.8 Å². The Morgan fingerprint density at radius 3 is 2.23 bits per heavy atom. The Kier molecular flexibility index (Phi) is 7.23. The van der Waals surface area contributed by atoms with E-state index in [2.05, 4.69) is 69.2 Å². The zero-order chi connectivity index (χ0) is 25.3. The van der Waals surface area contributed by atoms with Gasteiger partial charge in [-0.25, -0.2) is 9.69 Å². The number of barbiturate groups is 1. The second kappa shape index (κ2) is 10.2. The van der Waals surface area contributed by atoms with Gasteiger partial charge in [-0.2, -0.15) is 0 Å². The van der Waals surface area contributed by atoms with E-state index in [0.717, 1.165) is 25.0 Å². The minimum atomic E-state index is -0.790. The van der Waals surface area contributed by atoms with Gasteiger partial charge in [-0.3, -0.25) is 14.9 Å². The lowest BCUT2D eigenvalue weighted by Gasteiger charge is -2.26. The molecule has 0 radical (unpaired) electrons. The molecule has 4 amide bonds. The Bertz CT molecular complexity index is 1360. The van der Waals surface area contributed by atoms with E-state index in [4.69, 9.17) is 4.74 Å². The molecule has 0 spiro atoms. The number of halogens is 2. The molecule has 0 unspecified atom stereocenters. The summed E-state index contributed by atoms with van der Waals surface area (Å²) in [5.41, 5.74) is 5.26. The number of carbonyl (C=O) groups excluding carboxylic acids is 3. The Labute approximate surface area is 220 Å². The van der Waals surface area contributed by atoms with Crippen LogP contribution in [0.15, 0.2) is 69.1 Å². The van der Waals surface area contributed by atoms with E-state index in [1.165, 1.54) is 17.2 Å². The van der Waals surface area contributed by atoms with Gasteiger partial charge in [0.25, 0.3) is 11.8 Å². The Hall–Kier alpha value is -3.23. The average Bonchev–Trinajstić information content (AvgIpc) is 2.78. The number of nitrogens with zero attached hydrogens (tertiary/aromatic N) is 1. The zero-order valence-corrected chi connectivity index (χ0v) is 22.5. The number of aryl methyl sites for hydroxylation is 2. The molecule has 0 bridgehead atoms. The van der Waals surface area contributed by atoms with Gasteiger partial charge in [0.05, 0.1) is 12.8 Å².